The zero-order valence-electron chi connectivity index (χ0n) is 12.0. The van der Waals surface area contributed by atoms with Gasteiger partial charge >= 0.3 is 0 Å². The van der Waals surface area contributed by atoms with Gasteiger partial charge in [-0.3, -0.25) is 4.68 Å². The van der Waals surface area contributed by atoms with Gasteiger partial charge in [-0.15, -0.1) is 0 Å². The van der Waals surface area contributed by atoms with Gasteiger partial charge in [0.25, 0.3) is 0 Å². The van der Waals surface area contributed by atoms with E-state index in [1.54, 1.807) is 0 Å². The first kappa shape index (κ1) is 14.2. The third-order valence-corrected chi connectivity index (χ3v) is 3.10. The number of hydrogen-bond acceptors (Lipinski definition) is 2. The Balaban J connectivity index is 2.62. The Kier molecular flexibility index (Phi) is 5.69. The zero-order valence-corrected chi connectivity index (χ0v) is 12.0. The number of rotatable bonds is 7. The molecule has 17 heavy (non-hydrogen) atoms. The van der Waals surface area contributed by atoms with Gasteiger partial charge in [0.05, 0.1) is 5.69 Å². The van der Waals surface area contributed by atoms with Crippen LogP contribution in [0.5, 0.6) is 0 Å². The predicted molar refractivity (Wildman–Crippen MR) is 73.4 cm³/mol. The summed E-state index contributed by atoms with van der Waals surface area (Å²) in [5.41, 5.74) is 4.01. The molecule has 1 aromatic heterocycles. The van der Waals surface area contributed by atoms with E-state index in [2.05, 4.69) is 49.7 Å². The van der Waals surface area contributed by atoms with Gasteiger partial charge in [0.15, 0.2) is 0 Å². The second kappa shape index (κ2) is 6.80. The van der Waals surface area contributed by atoms with Crippen molar-refractivity contribution in [2.75, 3.05) is 13.1 Å². The summed E-state index contributed by atoms with van der Waals surface area (Å²) >= 11 is 0. The minimum absolute atomic E-state index is 0.655. The zero-order chi connectivity index (χ0) is 12.8. The molecule has 0 spiro atoms. The molecule has 0 aromatic carbocycles. The molecule has 0 radical (unpaired) electrons. The Morgan fingerprint density at radius 3 is 2.59 bits per heavy atom. The van der Waals surface area contributed by atoms with E-state index < -0.39 is 0 Å². The van der Waals surface area contributed by atoms with Crippen LogP contribution in [-0.4, -0.2) is 22.9 Å². The number of nitrogens with zero attached hydrogens (tertiary/aromatic N) is 2. The molecule has 0 aliphatic heterocycles. The van der Waals surface area contributed by atoms with Crippen molar-refractivity contribution in [2.45, 2.75) is 54.0 Å². The lowest BCUT2D eigenvalue weighted by Gasteiger charge is -2.08. The van der Waals surface area contributed by atoms with E-state index in [1.807, 2.05) is 0 Å². The van der Waals surface area contributed by atoms with Crippen LogP contribution in [0.3, 0.4) is 0 Å². The summed E-state index contributed by atoms with van der Waals surface area (Å²) in [7, 11) is 0. The van der Waals surface area contributed by atoms with Crippen LogP contribution in [0, 0.1) is 19.8 Å². The fraction of sp³-hybridized carbons (Fsp3) is 0.786. The first-order valence-electron chi connectivity index (χ1n) is 6.79. The Morgan fingerprint density at radius 1 is 1.29 bits per heavy atom. The Hall–Kier alpha value is -0.830. The lowest BCUT2D eigenvalue weighted by Crippen LogP contribution is -2.14. The molecule has 0 bridgehead atoms. The summed E-state index contributed by atoms with van der Waals surface area (Å²) in [6.07, 6.45) is 2.34. The summed E-state index contributed by atoms with van der Waals surface area (Å²) in [5, 5.41) is 8.01. The van der Waals surface area contributed by atoms with Gasteiger partial charge in [-0.25, -0.2) is 0 Å². The normalized spacial score (nSPS) is 11.4. The van der Waals surface area contributed by atoms with Gasteiger partial charge in [0, 0.05) is 12.2 Å². The fourth-order valence-electron chi connectivity index (χ4n) is 2.19. The summed E-state index contributed by atoms with van der Waals surface area (Å²) in [5.74, 6) is 0.655. The second-order valence-corrected chi connectivity index (χ2v) is 5.18. The van der Waals surface area contributed by atoms with Gasteiger partial charge in [-0.1, -0.05) is 20.8 Å². The highest BCUT2D eigenvalue weighted by molar-refractivity contribution is 5.24. The maximum absolute atomic E-state index is 4.65. The van der Waals surface area contributed by atoms with E-state index in [1.165, 1.54) is 23.4 Å². The van der Waals surface area contributed by atoms with Crippen molar-refractivity contribution in [1.82, 2.24) is 15.1 Å². The molecule has 1 heterocycles. The van der Waals surface area contributed by atoms with Crippen molar-refractivity contribution in [3.63, 3.8) is 0 Å². The molecule has 0 aliphatic rings. The summed E-state index contributed by atoms with van der Waals surface area (Å²) in [4.78, 5) is 0. The highest BCUT2D eigenvalue weighted by Crippen LogP contribution is 2.16. The molecule has 0 atom stereocenters. The number of aromatic nitrogens is 2. The molecule has 0 fully saturated rings. The van der Waals surface area contributed by atoms with E-state index in [0.717, 1.165) is 26.1 Å². The smallest absolute Gasteiger partial charge is 0.0628 e. The quantitative estimate of drug-likeness (QED) is 0.739. The van der Waals surface area contributed by atoms with Gasteiger partial charge in [0.2, 0.25) is 0 Å². The van der Waals surface area contributed by atoms with Crippen LogP contribution in [-0.2, 0) is 13.0 Å². The first-order chi connectivity index (χ1) is 8.06. The Morgan fingerprint density at radius 2 is 2.00 bits per heavy atom. The SMILES string of the molecule is CCNCCCc1c(C)nn(CC(C)C)c1C. The van der Waals surface area contributed by atoms with Crippen molar-refractivity contribution in [3.05, 3.63) is 17.0 Å². The van der Waals surface area contributed by atoms with Crippen LogP contribution in [0.15, 0.2) is 0 Å². The van der Waals surface area contributed by atoms with Crippen LogP contribution in [0.25, 0.3) is 0 Å². The minimum Gasteiger partial charge on any atom is -0.317 e. The van der Waals surface area contributed by atoms with Gasteiger partial charge in [-0.05, 0) is 51.3 Å². The average molecular weight is 237 g/mol. The standard InChI is InChI=1S/C14H27N3/c1-6-15-9-7-8-14-12(4)16-17(13(14)5)10-11(2)3/h11,15H,6-10H2,1-5H3. The van der Waals surface area contributed by atoms with Crippen LogP contribution in [0.4, 0.5) is 0 Å². The van der Waals surface area contributed by atoms with Crippen molar-refractivity contribution in [2.24, 2.45) is 5.92 Å². The van der Waals surface area contributed by atoms with Crippen molar-refractivity contribution < 1.29 is 0 Å². The summed E-state index contributed by atoms with van der Waals surface area (Å²) in [6, 6.07) is 0. The van der Waals surface area contributed by atoms with E-state index in [0.29, 0.717) is 5.92 Å². The molecule has 0 saturated carbocycles. The van der Waals surface area contributed by atoms with E-state index in [9.17, 15) is 0 Å². The van der Waals surface area contributed by atoms with Crippen LogP contribution in [0.1, 0.15) is 44.1 Å². The maximum atomic E-state index is 4.65. The first-order valence-corrected chi connectivity index (χ1v) is 6.79. The minimum atomic E-state index is 0.655. The topological polar surface area (TPSA) is 29.9 Å². The van der Waals surface area contributed by atoms with Gasteiger partial charge < -0.3 is 5.32 Å². The van der Waals surface area contributed by atoms with Crippen molar-refractivity contribution >= 4 is 0 Å². The molecule has 0 unspecified atom stereocenters. The molecule has 1 aromatic rings. The monoisotopic (exact) mass is 237 g/mol. The lowest BCUT2D eigenvalue weighted by molar-refractivity contribution is 0.472. The highest BCUT2D eigenvalue weighted by atomic mass is 15.3. The van der Waals surface area contributed by atoms with Gasteiger partial charge in [0.1, 0.15) is 0 Å². The molecular formula is C14H27N3. The number of aryl methyl sites for hydroxylation is 1. The summed E-state index contributed by atoms with van der Waals surface area (Å²) < 4.78 is 2.17. The largest absolute Gasteiger partial charge is 0.317 e. The third-order valence-electron chi connectivity index (χ3n) is 3.10. The third kappa shape index (κ3) is 4.15. The van der Waals surface area contributed by atoms with Crippen molar-refractivity contribution in [1.29, 1.82) is 0 Å². The number of hydrogen-bond donors (Lipinski definition) is 1. The Labute approximate surface area is 106 Å². The van der Waals surface area contributed by atoms with Gasteiger partial charge in [-0.2, -0.15) is 5.10 Å². The van der Waals surface area contributed by atoms with Crippen molar-refractivity contribution in [3.8, 4) is 0 Å². The molecule has 1 rings (SSSR count). The maximum Gasteiger partial charge on any atom is 0.0628 e. The molecule has 3 nitrogen and oxygen atoms in total. The molecule has 0 saturated heterocycles. The molecular weight excluding hydrogens is 210 g/mol. The molecule has 0 amide bonds. The molecule has 1 N–H and O–H groups in total. The van der Waals surface area contributed by atoms with E-state index >= 15 is 0 Å². The second-order valence-electron chi connectivity index (χ2n) is 5.18. The molecule has 98 valence electrons. The average Bonchev–Trinajstić information content (AvgIpc) is 2.50. The number of nitrogens with one attached hydrogen (secondary N) is 1. The molecule has 3 heteroatoms. The highest BCUT2D eigenvalue weighted by Gasteiger charge is 2.11. The van der Waals surface area contributed by atoms with Crippen LogP contribution < -0.4 is 5.32 Å². The summed E-state index contributed by atoms with van der Waals surface area (Å²) in [6.45, 7) is 14.1. The Bertz CT molecular complexity index is 339. The van der Waals surface area contributed by atoms with E-state index in [-0.39, 0.29) is 0 Å². The van der Waals surface area contributed by atoms with Crippen LogP contribution in [0.2, 0.25) is 0 Å². The predicted octanol–water partition coefficient (Wildman–Crippen LogP) is 2.70. The fourth-order valence-corrected chi connectivity index (χ4v) is 2.19. The molecule has 0 aliphatic carbocycles. The lowest BCUT2D eigenvalue weighted by atomic mass is 10.1. The van der Waals surface area contributed by atoms with Crippen LogP contribution >= 0.6 is 0 Å². The van der Waals surface area contributed by atoms with E-state index in [4.69, 9.17) is 0 Å².